The number of nitrogens with zero attached hydrogens (tertiary/aromatic N) is 6. The van der Waals surface area contributed by atoms with E-state index in [1.165, 1.54) is 11.3 Å². The summed E-state index contributed by atoms with van der Waals surface area (Å²) in [4.78, 5) is 13.1. The summed E-state index contributed by atoms with van der Waals surface area (Å²) < 4.78 is 2.04. The van der Waals surface area contributed by atoms with E-state index in [-0.39, 0.29) is 0 Å². The smallest absolute Gasteiger partial charge is 0.166 e. The largest absolute Gasteiger partial charge is 0.350 e. The summed E-state index contributed by atoms with van der Waals surface area (Å²) in [5.41, 5.74) is 4.12. The Bertz CT molecular complexity index is 1170. The Morgan fingerprint density at radius 3 is 2.85 bits per heavy atom. The Kier molecular flexibility index (Phi) is 4.43. The highest BCUT2D eigenvalue weighted by Crippen LogP contribution is 2.33. The minimum Gasteiger partial charge on any atom is -0.350 e. The quantitative estimate of drug-likeness (QED) is 0.385. The summed E-state index contributed by atoms with van der Waals surface area (Å²) in [7, 11) is 2.00. The Balaban J connectivity index is 1.89. The van der Waals surface area contributed by atoms with Crippen molar-refractivity contribution in [1.82, 2.24) is 24.7 Å². The van der Waals surface area contributed by atoms with Crippen LogP contribution in [-0.2, 0) is 7.05 Å². The van der Waals surface area contributed by atoms with E-state index in [0.29, 0.717) is 5.70 Å². The van der Waals surface area contributed by atoms with Gasteiger partial charge in [-0.2, -0.15) is 0 Å². The first-order valence-electron chi connectivity index (χ1n) is 8.21. The molecule has 4 heterocycles. The lowest BCUT2D eigenvalue weighted by Crippen LogP contribution is -1.94. The van der Waals surface area contributed by atoms with Gasteiger partial charge in [-0.1, -0.05) is 24.0 Å². The van der Waals surface area contributed by atoms with Gasteiger partial charge in [0.1, 0.15) is 10.7 Å². The average Bonchev–Trinajstić information content (AvgIpc) is 3.34. The van der Waals surface area contributed by atoms with Crippen molar-refractivity contribution in [2.75, 3.05) is 0 Å². The van der Waals surface area contributed by atoms with E-state index in [2.05, 4.69) is 33.5 Å². The van der Waals surface area contributed by atoms with Gasteiger partial charge in [0, 0.05) is 36.6 Å². The predicted molar refractivity (Wildman–Crippen MR) is 111 cm³/mol. The molecule has 27 heavy (non-hydrogen) atoms. The maximum atomic E-state index is 4.81. The van der Waals surface area contributed by atoms with E-state index in [9.17, 15) is 0 Å². The zero-order valence-electron chi connectivity index (χ0n) is 14.7. The van der Waals surface area contributed by atoms with E-state index in [1.807, 2.05) is 42.1 Å². The van der Waals surface area contributed by atoms with Gasteiger partial charge in [0.25, 0.3) is 0 Å². The lowest BCUT2D eigenvalue weighted by molar-refractivity contribution is 0.968. The molecule has 7 heteroatoms. The van der Waals surface area contributed by atoms with Crippen LogP contribution in [0, 0.1) is 0 Å². The van der Waals surface area contributed by atoms with Crippen LogP contribution in [0.5, 0.6) is 0 Å². The van der Waals surface area contributed by atoms with Crippen molar-refractivity contribution in [3.05, 3.63) is 67.3 Å². The van der Waals surface area contributed by atoms with E-state index in [1.54, 1.807) is 24.5 Å². The average molecular weight is 372 g/mol. The monoisotopic (exact) mass is 372 g/mol. The summed E-state index contributed by atoms with van der Waals surface area (Å²) in [5.74, 6) is 0. The van der Waals surface area contributed by atoms with Crippen LogP contribution in [-0.4, -0.2) is 31.4 Å². The lowest BCUT2D eigenvalue weighted by Gasteiger charge is -2.06. The molecule has 0 bridgehead atoms. The number of hydrogen-bond acceptors (Lipinski definition) is 6. The Hall–Kier alpha value is -3.45. The summed E-state index contributed by atoms with van der Waals surface area (Å²) in [5, 5.41) is 11.2. The van der Waals surface area contributed by atoms with Gasteiger partial charge in [-0.3, -0.25) is 9.98 Å². The Morgan fingerprint density at radius 1 is 1.26 bits per heavy atom. The van der Waals surface area contributed by atoms with Gasteiger partial charge in [-0.15, -0.1) is 10.2 Å². The topological polar surface area (TPSA) is 68.8 Å². The van der Waals surface area contributed by atoms with Crippen LogP contribution in [0.25, 0.3) is 37.9 Å². The van der Waals surface area contributed by atoms with Crippen LogP contribution in [0.3, 0.4) is 0 Å². The standard InChI is InChI=1S/C20H16N6S/c1-4-6-15(21-2)18-14-8-10-26(3)17(14)11-16(23-18)20-25-24-19(27-20)13-7-5-9-22-12-13/h4-12H,1-2H2,3H3/b15-6-. The number of aryl methyl sites for hydroxylation is 1. The number of rotatable bonds is 5. The van der Waals surface area contributed by atoms with E-state index in [0.717, 1.165) is 37.9 Å². The molecule has 132 valence electrons. The fourth-order valence-corrected chi connectivity index (χ4v) is 3.61. The van der Waals surface area contributed by atoms with Crippen molar-refractivity contribution in [2.24, 2.45) is 12.0 Å². The fourth-order valence-electron chi connectivity index (χ4n) is 2.82. The van der Waals surface area contributed by atoms with Crippen molar-refractivity contribution in [1.29, 1.82) is 0 Å². The maximum absolute atomic E-state index is 4.81. The fraction of sp³-hybridized carbons (Fsp3) is 0.0500. The third-order valence-electron chi connectivity index (χ3n) is 4.12. The molecular formula is C20H16N6S. The number of aliphatic imine (C=N–C) groups is 1. The molecule has 0 unspecified atom stereocenters. The van der Waals surface area contributed by atoms with Gasteiger partial charge < -0.3 is 4.57 Å². The maximum Gasteiger partial charge on any atom is 0.166 e. The summed E-state index contributed by atoms with van der Waals surface area (Å²) in [6.07, 6.45) is 8.98. The molecule has 0 aliphatic rings. The molecule has 0 atom stereocenters. The van der Waals surface area contributed by atoms with E-state index < -0.39 is 0 Å². The molecule has 0 N–H and O–H groups in total. The number of allylic oxidation sites excluding steroid dienone is 2. The van der Waals surface area contributed by atoms with Gasteiger partial charge >= 0.3 is 0 Å². The third kappa shape index (κ3) is 3.09. The van der Waals surface area contributed by atoms with Crippen LogP contribution in [0.1, 0.15) is 5.69 Å². The summed E-state index contributed by atoms with van der Waals surface area (Å²) >= 11 is 1.48. The second kappa shape index (κ2) is 7.05. The number of fused-ring (bicyclic) bond motifs is 1. The molecule has 0 amide bonds. The summed E-state index contributed by atoms with van der Waals surface area (Å²) in [6.45, 7) is 7.42. The minimum absolute atomic E-state index is 0.667. The second-order valence-electron chi connectivity index (χ2n) is 5.82. The SMILES string of the molecule is C=C/C=C(\N=C)c1nc(-c2nnc(-c3cccnc3)s2)cc2c1ccn2C. The third-order valence-corrected chi connectivity index (χ3v) is 5.12. The van der Waals surface area contributed by atoms with Gasteiger partial charge in [0.15, 0.2) is 5.01 Å². The van der Waals surface area contributed by atoms with Crippen LogP contribution in [0.4, 0.5) is 0 Å². The van der Waals surface area contributed by atoms with Crippen LogP contribution in [0.2, 0.25) is 0 Å². The molecule has 4 aromatic rings. The molecule has 0 spiro atoms. The van der Waals surface area contributed by atoms with E-state index in [4.69, 9.17) is 4.98 Å². The first-order chi connectivity index (χ1) is 13.2. The molecule has 0 aliphatic heterocycles. The molecule has 4 rings (SSSR count). The molecule has 0 saturated carbocycles. The first kappa shape index (κ1) is 17.0. The van der Waals surface area contributed by atoms with Crippen molar-refractivity contribution >= 4 is 34.7 Å². The number of aromatic nitrogens is 5. The predicted octanol–water partition coefficient (Wildman–Crippen LogP) is 4.38. The highest BCUT2D eigenvalue weighted by Gasteiger charge is 2.16. The first-order valence-corrected chi connectivity index (χ1v) is 9.03. The Labute approximate surface area is 160 Å². The van der Waals surface area contributed by atoms with Crippen molar-refractivity contribution in [3.8, 4) is 21.3 Å². The van der Waals surface area contributed by atoms with Crippen molar-refractivity contribution in [3.63, 3.8) is 0 Å². The van der Waals surface area contributed by atoms with Crippen LogP contribution >= 0.6 is 11.3 Å². The van der Waals surface area contributed by atoms with Gasteiger partial charge in [0.05, 0.1) is 16.9 Å². The van der Waals surface area contributed by atoms with Gasteiger partial charge in [-0.25, -0.2) is 4.98 Å². The molecule has 0 radical (unpaired) electrons. The molecule has 0 fully saturated rings. The number of pyridine rings is 2. The second-order valence-corrected chi connectivity index (χ2v) is 6.79. The zero-order valence-corrected chi connectivity index (χ0v) is 15.5. The minimum atomic E-state index is 0.667. The molecule has 4 aromatic heterocycles. The normalized spacial score (nSPS) is 11.7. The molecule has 6 nitrogen and oxygen atoms in total. The zero-order chi connectivity index (χ0) is 18.8. The highest BCUT2D eigenvalue weighted by molar-refractivity contribution is 7.17. The number of hydrogen-bond donors (Lipinski definition) is 0. The van der Waals surface area contributed by atoms with Gasteiger partial charge in [-0.05, 0) is 37.1 Å². The summed E-state index contributed by atoms with van der Waals surface area (Å²) in [6, 6.07) is 7.87. The molecular weight excluding hydrogens is 356 g/mol. The molecule has 0 saturated heterocycles. The van der Waals surface area contributed by atoms with E-state index >= 15 is 0 Å². The van der Waals surface area contributed by atoms with Crippen molar-refractivity contribution < 1.29 is 0 Å². The van der Waals surface area contributed by atoms with Gasteiger partial charge in [0.2, 0.25) is 0 Å². The lowest BCUT2D eigenvalue weighted by atomic mass is 10.1. The molecule has 0 aromatic carbocycles. The van der Waals surface area contributed by atoms with Crippen molar-refractivity contribution in [2.45, 2.75) is 0 Å². The Morgan fingerprint density at radius 2 is 2.11 bits per heavy atom. The highest BCUT2D eigenvalue weighted by atomic mass is 32.1. The van der Waals surface area contributed by atoms with Crippen LogP contribution in [0.15, 0.2) is 66.6 Å². The molecule has 0 aliphatic carbocycles. The van der Waals surface area contributed by atoms with Crippen LogP contribution < -0.4 is 0 Å².